The van der Waals surface area contributed by atoms with Crippen molar-refractivity contribution in [1.29, 1.82) is 0 Å². The van der Waals surface area contributed by atoms with Crippen LogP contribution in [0.4, 0.5) is 18.9 Å². The monoisotopic (exact) mass is 482 g/mol. The van der Waals surface area contributed by atoms with Crippen molar-refractivity contribution in [2.24, 2.45) is 11.8 Å². The maximum Gasteiger partial charge on any atom is 0.416 e. The number of fused-ring (bicyclic) bond motifs is 3. The number of hydrogen-bond donors (Lipinski definition) is 2. The predicted molar refractivity (Wildman–Crippen MR) is 133 cm³/mol. The van der Waals surface area contributed by atoms with Crippen molar-refractivity contribution >= 4 is 5.69 Å². The van der Waals surface area contributed by atoms with E-state index in [1.54, 1.807) is 6.07 Å². The van der Waals surface area contributed by atoms with E-state index in [0.717, 1.165) is 50.9 Å². The van der Waals surface area contributed by atoms with Crippen molar-refractivity contribution in [3.05, 3.63) is 89.5 Å². The smallest absolute Gasteiger partial charge is 0.381 e. The normalized spacial score (nSPS) is 27.7. The minimum atomic E-state index is -4.37. The Balaban J connectivity index is 1.27. The van der Waals surface area contributed by atoms with Crippen LogP contribution in [-0.4, -0.2) is 25.2 Å². The second-order valence-electron chi connectivity index (χ2n) is 9.90. The van der Waals surface area contributed by atoms with Gasteiger partial charge in [0.15, 0.2) is 0 Å². The van der Waals surface area contributed by atoms with Crippen LogP contribution in [0.3, 0.4) is 0 Å². The Bertz CT molecular complexity index is 1050. The lowest BCUT2D eigenvalue weighted by Crippen LogP contribution is -2.48. The van der Waals surface area contributed by atoms with Gasteiger partial charge in [0.1, 0.15) is 0 Å². The Labute approximate surface area is 205 Å². The Kier molecular flexibility index (Phi) is 7.30. The number of aryl methyl sites for hydroxylation is 1. The number of benzene rings is 2. The van der Waals surface area contributed by atoms with E-state index in [9.17, 15) is 13.2 Å². The van der Waals surface area contributed by atoms with E-state index in [0.29, 0.717) is 11.5 Å². The summed E-state index contributed by atoms with van der Waals surface area (Å²) in [5.74, 6) is 0.445. The van der Waals surface area contributed by atoms with E-state index in [2.05, 4.69) is 59.2 Å². The largest absolute Gasteiger partial charge is 0.416 e. The highest BCUT2D eigenvalue weighted by Gasteiger charge is 2.44. The van der Waals surface area contributed by atoms with Crippen LogP contribution in [0.15, 0.2) is 72.8 Å². The van der Waals surface area contributed by atoms with Crippen LogP contribution in [0.1, 0.15) is 48.5 Å². The molecule has 0 aromatic heterocycles. The number of nitrogens with one attached hydrogen (secondary N) is 2. The molecule has 3 nitrogen and oxygen atoms in total. The highest BCUT2D eigenvalue weighted by Crippen LogP contribution is 2.49. The highest BCUT2D eigenvalue weighted by atomic mass is 19.4. The molecule has 2 aliphatic heterocycles. The molecule has 0 saturated carbocycles. The van der Waals surface area contributed by atoms with Gasteiger partial charge in [0, 0.05) is 35.7 Å². The summed E-state index contributed by atoms with van der Waals surface area (Å²) in [6, 6.07) is 14.6. The third kappa shape index (κ3) is 5.65. The SMILES string of the molecule is FC(F)(F)c1ccc2c(c1)[C@H]1O[C@@H](CNCCCc3ccccc3)CC[C@H]1[C@H](C1C=CC=CC1)N2. The molecule has 2 N–H and O–H groups in total. The van der Waals surface area contributed by atoms with Crippen molar-refractivity contribution in [1.82, 2.24) is 5.32 Å². The zero-order valence-corrected chi connectivity index (χ0v) is 19.8. The molecule has 186 valence electrons. The van der Waals surface area contributed by atoms with Gasteiger partial charge < -0.3 is 15.4 Å². The van der Waals surface area contributed by atoms with Gasteiger partial charge in [-0.25, -0.2) is 0 Å². The van der Waals surface area contributed by atoms with Crippen LogP contribution in [-0.2, 0) is 17.3 Å². The first-order valence-electron chi connectivity index (χ1n) is 12.7. The van der Waals surface area contributed by atoms with Crippen LogP contribution in [0.5, 0.6) is 0 Å². The fraction of sp³-hybridized carbons (Fsp3) is 0.448. The summed E-state index contributed by atoms with van der Waals surface area (Å²) in [6.07, 6.45) is 8.62. The van der Waals surface area contributed by atoms with Crippen LogP contribution < -0.4 is 10.6 Å². The fourth-order valence-electron chi connectivity index (χ4n) is 5.74. The maximum absolute atomic E-state index is 13.5. The minimum absolute atomic E-state index is 0.00379. The summed E-state index contributed by atoms with van der Waals surface area (Å²) in [7, 11) is 0. The number of anilines is 1. The molecule has 1 saturated heterocycles. The lowest BCUT2D eigenvalue weighted by atomic mass is 9.73. The Morgan fingerprint density at radius 2 is 1.89 bits per heavy atom. The van der Waals surface area contributed by atoms with Crippen molar-refractivity contribution < 1.29 is 17.9 Å². The van der Waals surface area contributed by atoms with E-state index >= 15 is 0 Å². The maximum atomic E-state index is 13.5. The lowest BCUT2D eigenvalue weighted by Gasteiger charge is -2.47. The van der Waals surface area contributed by atoms with Gasteiger partial charge in [0.05, 0.1) is 17.8 Å². The molecule has 1 fully saturated rings. The molecular formula is C29H33F3N2O. The van der Waals surface area contributed by atoms with E-state index in [4.69, 9.17) is 4.74 Å². The van der Waals surface area contributed by atoms with Gasteiger partial charge in [-0.15, -0.1) is 0 Å². The van der Waals surface area contributed by atoms with Crippen LogP contribution in [0.2, 0.25) is 0 Å². The molecule has 2 aromatic carbocycles. The molecule has 0 radical (unpaired) electrons. The molecule has 2 aromatic rings. The Morgan fingerprint density at radius 3 is 2.66 bits per heavy atom. The van der Waals surface area contributed by atoms with E-state index in [1.165, 1.54) is 17.7 Å². The third-order valence-electron chi connectivity index (χ3n) is 7.53. The van der Waals surface area contributed by atoms with E-state index in [1.807, 2.05) is 6.07 Å². The number of rotatable bonds is 7. The number of allylic oxidation sites excluding steroid dienone is 3. The van der Waals surface area contributed by atoms with Crippen molar-refractivity contribution in [2.75, 3.05) is 18.4 Å². The molecule has 0 amide bonds. The number of alkyl halides is 3. The van der Waals surface area contributed by atoms with Crippen molar-refractivity contribution in [3.8, 4) is 0 Å². The molecule has 5 atom stereocenters. The molecule has 0 bridgehead atoms. The van der Waals surface area contributed by atoms with Crippen molar-refractivity contribution in [3.63, 3.8) is 0 Å². The molecular weight excluding hydrogens is 449 g/mol. The Morgan fingerprint density at radius 1 is 1.03 bits per heavy atom. The second-order valence-corrected chi connectivity index (χ2v) is 9.90. The molecule has 5 rings (SSSR count). The van der Waals surface area contributed by atoms with Crippen LogP contribution in [0, 0.1) is 11.8 Å². The van der Waals surface area contributed by atoms with E-state index < -0.39 is 11.7 Å². The van der Waals surface area contributed by atoms with Gasteiger partial charge >= 0.3 is 6.18 Å². The molecule has 0 spiro atoms. The molecule has 35 heavy (non-hydrogen) atoms. The van der Waals surface area contributed by atoms with E-state index in [-0.39, 0.29) is 24.2 Å². The lowest BCUT2D eigenvalue weighted by molar-refractivity contribution is -0.138. The predicted octanol–water partition coefficient (Wildman–Crippen LogP) is 6.69. The molecule has 2 heterocycles. The van der Waals surface area contributed by atoms with Gasteiger partial charge in [0.25, 0.3) is 0 Å². The van der Waals surface area contributed by atoms with Crippen molar-refractivity contribution in [2.45, 2.75) is 56.5 Å². The quantitative estimate of drug-likeness (QED) is 0.432. The molecule has 1 unspecified atom stereocenters. The highest BCUT2D eigenvalue weighted by molar-refractivity contribution is 5.58. The van der Waals surface area contributed by atoms with Gasteiger partial charge in [-0.3, -0.25) is 0 Å². The first kappa shape index (κ1) is 24.1. The standard InChI is InChI=1S/C29H33F3N2O/c30-29(31,32)22-13-16-26-25(18-22)28-24(27(34-26)21-11-5-2-6-12-21)15-14-23(35-28)19-33-17-7-10-20-8-3-1-4-9-20/h1-6,8-9,11,13,16,18,21,23-24,27-28,33-34H,7,10,12,14-15,17,19H2/t21?,23-,24+,27+,28+/m1/s1. The average molecular weight is 483 g/mol. The zero-order chi connectivity index (χ0) is 24.3. The zero-order valence-electron chi connectivity index (χ0n) is 19.8. The summed E-state index contributed by atoms with van der Waals surface area (Å²) < 4.78 is 47.1. The summed E-state index contributed by atoms with van der Waals surface area (Å²) in [6.45, 7) is 1.61. The van der Waals surface area contributed by atoms with Gasteiger partial charge in [-0.05, 0) is 62.4 Å². The Hall–Kier alpha value is -2.57. The van der Waals surface area contributed by atoms with Crippen LogP contribution >= 0.6 is 0 Å². The second kappa shape index (κ2) is 10.6. The molecule has 3 aliphatic rings. The van der Waals surface area contributed by atoms with Crippen LogP contribution in [0.25, 0.3) is 0 Å². The summed E-state index contributed by atoms with van der Waals surface area (Å²) in [4.78, 5) is 0. The first-order valence-corrected chi connectivity index (χ1v) is 12.7. The van der Waals surface area contributed by atoms with Gasteiger partial charge in [0.2, 0.25) is 0 Å². The fourth-order valence-corrected chi connectivity index (χ4v) is 5.74. The number of ether oxygens (including phenoxy) is 1. The third-order valence-corrected chi connectivity index (χ3v) is 7.53. The van der Waals surface area contributed by atoms with Gasteiger partial charge in [-0.1, -0.05) is 54.6 Å². The summed E-state index contributed by atoms with van der Waals surface area (Å²) in [5, 5.41) is 7.10. The summed E-state index contributed by atoms with van der Waals surface area (Å²) in [5.41, 5.74) is 2.13. The topological polar surface area (TPSA) is 33.3 Å². The molecule has 6 heteroatoms. The number of hydrogen-bond acceptors (Lipinski definition) is 3. The molecule has 1 aliphatic carbocycles. The first-order chi connectivity index (χ1) is 17.0. The van der Waals surface area contributed by atoms with Gasteiger partial charge in [-0.2, -0.15) is 13.2 Å². The summed E-state index contributed by atoms with van der Waals surface area (Å²) >= 11 is 0. The number of halogens is 3. The minimum Gasteiger partial charge on any atom is -0.381 e. The average Bonchev–Trinajstić information content (AvgIpc) is 2.88.